The predicted octanol–water partition coefficient (Wildman–Crippen LogP) is -2.59. The van der Waals surface area contributed by atoms with E-state index in [1.807, 2.05) is 4.72 Å². The van der Waals surface area contributed by atoms with Gasteiger partial charge < -0.3 is 5.73 Å². The zero-order valence-electron chi connectivity index (χ0n) is 7.06. The van der Waals surface area contributed by atoms with Gasteiger partial charge in [-0.2, -0.15) is 16.8 Å². The lowest BCUT2D eigenvalue weighted by Crippen LogP contribution is -2.26. The van der Waals surface area contributed by atoms with E-state index in [4.69, 9.17) is 0 Å². The van der Waals surface area contributed by atoms with E-state index in [9.17, 15) is 16.8 Å². The third-order valence-electron chi connectivity index (χ3n) is 0.285. The van der Waals surface area contributed by atoms with Crippen molar-refractivity contribution in [3.63, 3.8) is 0 Å². The molecule has 0 bridgehead atoms. The summed E-state index contributed by atoms with van der Waals surface area (Å²) in [4.78, 5) is 0. The highest BCUT2D eigenvalue weighted by molar-refractivity contribution is 8.11. The molecular formula is C2H13ClN4O4S2. The molecule has 0 radical (unpaired) electrons. The lowest BCUT2D eigenvalue weighted by Gasteiger charge is -1.85. The molecule has 0 rings (SSSR count). The van der Waals surface area contributed by atoms with Crippen molar-refractivity contribution in [1.82, 2.24) is 4.72 Å². The first-order chi connectivity index (χ1) is 5.56. The van der Waals surface area contributed by atoms with Crippen LogP contribution in [-0.4, -0.2) is 30.9 Å². The van der Waals surface area contributed by atoms with Crippen LogP contribution in [0, 0.1) is 0 Å². The summed E-state index contributed by atoms with van der Waals surface area (Å²) < 4.78 is 39.5. The second kappa shape index (κ2) is 8.62. The van der Waals surface area contributed by atoms with Crippen LogP contribution in [0.15, 0.2) is 0 Å². The zero-order valence-corrected chi connectivity index (χ0v) is 9.45. The summed E-state index contributed by atoms with van der Waals surface area (Å²) in [6.45, 7) is 0. The fraction of sp³-hybridized carbons (Fsp3) is 1.00. The van der Waals surface area contributed by atoms with Gasteiger partial charge in [0.15, 0.2) is 0 Å². The molecule has 13 heavy (non-hydrogen) atoms. The van der Waals surface area contributed by atoms with Crippen LogP contribution >= 0.6 is 10.7 Å². The van der Waals surface area contributed by atoms with E-state index < -0.39 is 19.4 Å². The van der Waals surface area contributed by atoms with Crippen LogP contribution in [0.1, 0.15) is 0 Å². The summed E-state index contributed by atoms with van der Waals surface area (Å²) in [5.41, 5.74) is 4.50. The molecule has 84 valence electrons. The van der Waals surface area contributed by atoms with Crippen LogP contribution in [0.2, 0.25) is 0 Å². The first kappa shape index (κ1) is 18.7. The lowest BCUT2D eigenvalue weighted by molar-refractivity contribution is 0.590. The Kier molecular flexibility index (Phi) is 12.4. The fourth-order valence-electron chi connectivity index (χ4n) is 0. The molecule has 0 fully saturated rings. The molecule has 0 aliphatic heterocycles. The van der Waals surface area contributed by atoms with Crippen molar-refractivity contribution < 1.29 is 16.8 Å². The molecule has 8 nitrogen and oxygen atoms in total. The van der Waals surface area contributed by atoms with E-state index in [0.29, 0.717) is 0 Å². The largest absolute Gasteiger partial charge is 0.333 e. The Morgan fingerprint density at radius 2 is 1.15 bits per heavy atom. The van der Waals surface area contributed by atoms with Crippen molar-refractivity contribution in [2.45, 2.75) is 0 Å². The van der Waals surface area contributed by atoms with Crippen LogP contribution < -0.4 is 20.7 Å². The Bertz CT molecular complexity index is 275. The summed E-state index contributed by atoms with van der Waals surface area (Å²) in [6, 6.07) is 0. The van der Waals surface area contributed by atoms with Crippen LogP contribution in [0.4, 0.5) is 0 Å². The highest BCUT2D eigenvalue weighted by Gasteiger charge is 1.88. The third kappa shape index (κ3) is 132. The minimum Gasteiger partial charge on any atom is -0.333 e. The zero-order chi connectivity index (χ0) is 11.7. The third-order valence-corrected chi connectivity index (χ3v) is 0.854. The molecule has 0 aromatic heterocycles. The molecule has 0 aliphatic rings. The van der Waals surface area contributed by atoms with Gasteiger partial charge in [0, 0.05) is 17.7 Å². The van der Waals surface area contributed by atoms with Gasteiger partial charge in [-0.1, -0.05) is 0 Å². The Balaban J connectivity index is -0.000000131. The average Bonchev–Trinajstić information content (AvgIpc) is 1.87. The summed E-state index contributed by atoms with van der Waals surface area (Å²) in [5, 5.41) is 8.49. The summed E-state index contributed by atoms with van der Waals surface area (Å²) in [5.74, 6) is 0. The molecule has 0 aromatic carbocycles. The van der Waals surface area contributed by atoms with Crippen LogP contribution in [-0.2, 0) is 19.4 Å². The van der Waals surface area contributed by atoms with Crippen molar-refractivity contribution in [3.05, 3.63) is 0 Å². The highest BCUT2D eigenvalue weighted by Crippen LogP contribution is 1.77. The second-order valence-electron chi connectivity index (χ2n) is 1.22. The quantitative estimate of drug-likeness (QED) is 0.379. The van der Waals surface area contributed by atoms with Crippen LogP contribution in [0.3, 0.4) is 0 Å². The maximum atomic E-state index is 9.67. The molecule has 0 aliphatic carbocycles. The number of hydrogen-bond acceptors (Lipinski definition) is 5. The molecule has 0 amide bonds. The smallest absolute Gasteiger partial charge is 0.294 e. The molecule has 0 unspecified atom stereocenters. The Morgan fingerprint density at radius 3 is 1.15 bits per heavy atom. The SMILES string of the molecule is CN.CNS(N)(=O)=O.NS(=O)(=O)Cl. The second-order valence-corrected chi connectivity index (χ2v) is 4.96. The van der Waals surface area contributed by atoms with Gasteiger partial charge in [0.05, 0.1) is 0 Å². The molecule has 11 heteroatoms. The number of nitrogens with two attached hydrogens (primary N) is 3. The van der Waals surface area contributed by atoms with E-state index >= 15 is 0 Å². The van der Waals surface area contributed by atoms with Gasteiger partial charge in [-0.15, -0.1) is 0 Å². The van der Waals surface area contributed by atoms with E-state index in [1.54, 1.807) is 0 Å². The molecule has 0 saturated carbocycles. The molecule has 0 heterocycles. The van der Waals surface area contributed by atoms with E-state index in [-0.39, 0.29) is 0 Å². The van der Waals surface area contributed by atoms with Crippen molar-refractivity contribution in [1.29, 1.82) is 0 Å². The topological polar surface area (TPSA) is 158 Å². The van der Waals surface area contributed by atoms with Gasteiger partial charge in [0.1, 0.15) is 0 Å². The maximum absolute atomic E-state index is 9.67. The van der Waals surface area contributed by atoms with E-state index in [0.717, 1.165) is 0 Å². The molecular weight excluding hydrogens is 244 g/mol. The van der Waals surface area contributed by atoms with Gasteiger partial charge in [-0.25, -0.2) is 15.0 Å². The van der Waals surface area contributed by atoms with Gasteiger partial charge in [-0.05, 0) is 7.05 Å². The van der Waals surface area contributed by atoms with Gasteiger partial charge in [0.2, 0.25) is 0 Å². The first-order valence-corrected chi connectivity index (χ1v) is 6.49. The molecule has 0 aromatic rings. The van der Waals surface area contributed by atoms with Crippen molar-refractivity contribution >= 4 is 30.1 Å². The maximum Gasteiger partial charge on any atom is 0.294 e. The summed E-state index contributed by atoms with van der Waals surface area (Å²) >= 11 is 0. The van der Waals surface area contributed by atoms with Gasteiger partial charge in [0.25, 0.3) is 19.4 Å². The number of hydrogen-bond donors (Lipinski definition) is 4. The lowest BCUT2D eigenvalue weighted by atomic mass is 11.6. The molecule has 7 N–H and O–H groups in total. The van der Waals surface area contributed by atoms with Crippen molar-refractivity contribution in [3.8, 4) is 0 Å². The summed E-state index contributed by atoms with van der Waals surface area (Å²) in [7, 11) is -0.0810. The molecule has 0 spiro atoms. The Morgan fingerprint density at radius 1 is 1.08 bits per heavy atom. The average molecular weight is 257 g/mol. The standard InChI is InChI=1S/CH6N2O2S.CH5N.ClH2NO2S/c1-3-6(2,4)5;1-2;1-5(2,3)4/h3H,1H3,(H2,2,4,5);2H2,1H3;(H2,2,3,4). The minimum absolute atomic E-state index is 1.25. The molecule has 0 atom stereocenters. The van der Waals surface area contributed by atoms with Gasteiger partial charge >= 0.3 is 0 Å². The summed E-state index contributed by atoms with van der Waals surface area (Å²) in [6.07, 6.45) is 0. The van der Waals surface area contributed by atoms with Crippen LogP contribution in [0.25, 0.3) is 0 Å². The van der Waals surface area contributed by atoms with Crippen molar-refractivity contribution in [2.75, 3.05) is 14.1 Å². The minimum atomic E-state index is -3.69. The normalized spacial score (nSPS) is 10.3. The van der Waals surface area contributed by atoms with E-state index in [2.05, 4.69) is 26.7 Å². The van der Waals surface area contributed by atoms with Crippen molar-refractivity contribution in [2.24, 2.45) is 16.0 Å². The molecule has 0 saturated heterocycles. The predicted molar refractivity (Wildman–Crippen MR) is 51.2 cm³/mol. The Labute approximate surface area is 82.1 Å². The monoisotopic (exact) mass is 256 g/mol. The first-order valence-electron chi connectivity index (χ1n) is 2.57. The number of rotatable bonds is 1. The van der Waals surface area contributed by atoms with Gasteiger partial charge in [-0.3, -0.25) is 0 Å². The number of nitrogens with one attached hydrogen (secondary N) is 1. The Hall–Kier alpha value is 0.0300. The van der Waals surface area contributed by atoms with E-state index in [1.165, 1.54) is 14.1 Å². The van der Waals surface area contributed by atoms with Crippen LogP contribution in [0.5, 0.6) is 0 Å². The fourth-order valence-corrected chi connectivity index (χ4v) is 0. The highest BCUT2D eigenvalue weighted by atomic mass is 35.7. The number of halogens is 1.